The third-order valence-electron chi connectivity index (χ3n) is 4.20. The Kier molecular flexibility index (Phi) is 2.36. The molecule has 1 heterocycles. The molecule has 4 nitrogen and oxygen atoms in total. The molecule has 0 unspecified atom stereocenters. The quantitative estimate of drug-likeness (QED) is 0.868. The predicted molar refractivity (Wildman–Crippen MR) is 60.6 cm³/mol. The van der Waals surface area contributed by atoms with Crippen molar-refractivity contribution >= 4 is 5.91 Å². The number of nitrogens with two attached hydrogens (primary N) is 1. The Labute approximate surface area is 111 Å². The van der Waals surface area contributed by atoms with E-state index < -0.39 is 29.0 Å². The third kappa shape index (κ3) is 1.73. The first-order valence-electron chi connectivity index (χ1n) is 6.19. The molecule has 0 aliphatic heterocycles. The van der Waals surface area contributed by atoms with Gasteiger partial charge in [0.25, 0.3) is 5.91 Å². The standard InChI is InChI=1S/C12H13F4N3O/c1-6-7(12(14,15)16)8(9(17)20)19(18-6)5-10-2-11(13,3-10)4-10/h2-5H2,1H3,(H2,17,20). The van der Waals surface area contributed by atoms with Gasteiger partial charge in [0.05, 0.1) is 5.69 Å². The van der Waals surface area contributed by atoms with E-state index in [1.165, 1.54) is 6.92 Å². The lowest BCUT2D eigenvalue weighted by atomic mass is 9.42. The van der Waals surface area contributed by atoms with Crippen molar-refractivity contribution in [1.82, 2.24) is 9.78 Å². The van der Waals surface area contributed by atoms with E-state index in [9.17, 15) is 22.4 Å². The van der Waals surface area contributed by atoms with Crippen LogP contribution in [0.3, 0.4) is 0 Å². The predicted octanol–water partition coefficient (Wildman–Crippen LogP) is 2.20. The Balaban J connectivity index is 1.97. The lowest BCUT2D eigenvalue weighted by Gasteiger charge is -2.65. The molecule has 2 N–H and O–H groups in total. The number of amides is 1. The molecule has 0 spiro atoms. The first kappa shape index (κ1) is 13.4. The van der Waals surface area contributed by atoms with Crippen LogP contribution in [0.1, 0.15) is 41.0 Å². The smallest absolute Gasteiger partial charge is 0.364 e. The van der Waals surface area contributed by atoms with Crippen molar-refractivity contribution in [2.45, 2.75) is 44.6 Å². The summed E-state index contributed by atoms with van der Waals surface area (Å²) in [6.45, 7) is 1.29. The maximum Gasteiger partial charge on any atom is 0.420 e. The van der Waals surface area contributed by atoms with Crippen LogP contribution >= 0.6 is 0 Å². The van der Waals surface area contributed by atoms with Gasteiger partial charge in [-0.1, -0.05) is 0 Å². The lowest BCUT2D eigenvalue weighted by molar-refractivity contribution is -0.221. The van der Waals surface area contributed by atoms with Crippen LogP contribution in [0.2, 0.25) is 0 Å². The van der Waals surface area contributed by atoms with Gasteiger partial charge in [0.1, 0.15) is 16.9 Å². The van der Waals surface area contributed by atoms with Crippen LogP contribution in [0.15, 0.2) is 0 Å². The Morgan fingerprint density at radius 2 is 1.95 bits per heavy atom. The number of hydrogen-bond acceptors (Lipinski definition) is 2. The number of carbonyl (C=O) groups excluding carboxylic acids is 1. The van der Waals surface area contributed by atoms with Crippen LogP contribution in [0.5, 0.6) is 0 Å². The van der Waals surface area contributed by atoms with E-state index in [0.717, 1.165) is 4.68 Å². The van der Waals surface area contributed by atoms with E-state index in [-0.39, 0.29) is 17.7 Å². The maximum atomic E-state index is 13.5. The van der Waals surface area contributed by atoms with Crippen LogP contribution < -0.4 is 5.73 Å². The van der Waals surface area contributed by atoms with E-state index in [4.69, 9.17) is 5.73 Å². The topological polar surface area (TPSA) is 60.9 Å². The monoisotopic (exact) mass is 291 g/mol. The number of carbonyl (C=O) groups is 1. The molecule has 1 aromatic heterocycles. The molecule has 0 aromatic carbocycles. The molecule has 2 bridgehead atoms. The second-order valence-corrected chi connectivity index (χ2v) is 6.01. The molecule has 1 aromatic rings. The highest BCUT2D eigenvalue weighted by Crippen LogP contribution is 2.70. The fourth-order valence-electron chi connectivity index (χ4n) is 3.63. The number of nitrogens with zero attached hydrogens (tertiary/aromatic N) is 2. The van der Waals surface area contributed by atoms with Crippen LogP contribution in [-0.2, 0) is 12.7 Å². The van der Waals surface area contributed by atoms with Crippen molar-refractivity contribution in [3.05, 3.63) is 17.0 Å². The highest BCUT2D eigenvalue weighted by Gasteiger charge is 2.69. The average Bonchev–Trinajstić information content (AvgIpc) is 2.50. The Morgan fingerprint density at radius 3 is 2.35 bits per heavy atom. The van der Waals surface area contributed by atoms with E-state index in [1.807, 2.05) is 0 Å². The van der Waals surface area contributed by atoms with Gasteiger partial charge in [0.2, 0.25) is 0 Å². The minimum absolute atomic E-state index is 0.105. The lowest BCUT2D eigenvalue weighted by Crippen LogP contribution is -2.65. The van der Waals surface area contributed by atoms with Gasteiger partial charge in [-0.25, -0.2) is 4.39 Å². The molecule has 0 atom stereocenters. The van der Waals surface area contributed by atoms with E-state index in [1.54, 1.807) is 0 Å². The Morgan fingerprint density at radius 1 is 1.40 bits per heavy atom. The number of alkyl halides is 4. The van der Waals surface area contributed by atoms with Crippen LogP contribution in [-0.4, -0.2) is 21.4 Å². The summed E-state index contributed by atoms with van der Waals surface area (Å²) in [6.07, 6.45) is -3.73. The minimum Gasteiger partial charge on any atom is -0.364 e. The molecular weight excluding hydrogens is 278 g/mol. The molecule has 3 aliphatic rings. The molecular formula is C12H13F4N3O. The van der Waals surface area contributed by atoms with E-state index in [0.29, 0.717) is 19.3 Å². The highest BCUT2D eigenvalue weighted by atomic mass is 19.4. The summed E-state index contributed by atoms with van der Waals surface area (Å²) in [7, 11) is 0. The second kappa shape index (κ2) is 3.53. The summed E-state index contributed by atoms with van der Waals surface area (Å²) in [5.74, 6) is -1.17. The minimum atomic E-state index is -4.69. The number of rotatable bonds is 3. The van der Waals surface area contributed by atoms with Crippen molar-refractivity contribution in [3.63, 3.8) is 0 Å². The molecule has 3 aliphatic carbocycles. The number of primary amides is 1. The van der Waals surface area contributed by atoms with Crippen LogP contribution in [0.25, 0.3) is 0 Å². The van der Waals surface area contributed by atoms with Gasteiger partial charge >= 0.3 is 6.18 Å². The highest BCUT2D eigenvalue weighted by molar-refractivity contribution is 5.93. The molecule has 20 heavy (non-hydrogen) atoms. The molecule has 8 heteroatoms. The molecule has 3 fully saturated rings. The summed E-state index contributed by atoms with van der Waals surface area (Å²) in [4.78, 5) is 11.4. The van der Waals surface area contributed by atoms with Gasteiger partial charge in [-0.3, -0.25) is 9.48 Å². The molecule has 4 rings (SSSR count). The van der Waals surface area contributed by atoms with Crippen molar-refractivity contribution in [3.8, 4) is 0 Å². The molecule has 3 saturated carbocycles. The summed E-state index contributed by atoms with van der Waals surface area (Å²) < 4.78 is 53.3. The van der Waals surface area contributed by atoms with Gasteiger partial charge in [-0.05, 0) is 31.6 Å². The number of halogens is 4. The zero-order valence-corrected chi connectivity index (χ0v) is 10.7. The number of aryl methyl sites for hydroxylation is 1. The van der Waals surface area contributed by atoms with Crippen LogP contribution in [0, 0.1) is 12.3 Å². The second-order valence-electron chi connectivity index (χ2n) is 6.01. The van der Waals surface area contributed by atoms with Crippen molar-refractivity contribution in [1.29, 1.82) is 0 Å². The zero-order chi connectivity index (χ0) is 14.9. The van der Waals surface area contributed by atoms with Gasteiger partial charge in [-0.2, -0.15) is 18.3 Å². The van der Waals surface area contributed by atoms with Crippen molar-refractivity contribution in [2.24, 2.45) is 11.1 Å². The zero-order valence-electron chi connectivity index (χ0n) is 10.7. The van der Waals surface area contributed by atoms with Gasteiger partial charge in [-0.15, -0.1) is 0 Å². The summed E-state index contributed by atoms with van der Waals surface area (Å²) in [5.41, 5.74) is 1.55. The summed E-state index contributed by atoms with van der Waals surface area (Å²) in [5, 5.41) is 3.79. The first-order valence-corrected chi connectivity index (χ1v) is 6.19. The van der Waals surface area contributed by atoms with Gasteiger partial charge < -0.3 is 5.73 Å². The Bertz CT molecular complexity index is 585. The third-order valence-corrected chi connectivity index (χ3v) is 4.20. The summed E-state index contributed by atoms with van der Waals surface area (Å²) >= 11 is 0. The fraction of sp³-hybridized carbons (Fsp3) is 0.667. The molecule has 110 valence electrons. The maximum absolute atomic E-state index is 13.5. The Hall–Kier alpha value is -1.60. The summed E-state index contributed by atoms with van der Waals surface area (Å²) in [6, 6.07) is 0. The first-order chi connectivity index (χ1) is 9.05. The molecule has 0 radical (unpaired) electrons. The normalized spacial score (nSPS) is 31.6. The van der Waals surface area contributed by atoms with Crippen molar-refractivity contribution < 1.29 is 22.4 Å². The fourth-order valence-corrected chi connectivity index (χ4v) is 3.63. The van der Waals surface area contributed by atoms with Crippen molar-refractivity contribution in [2.75, 3.05) is 0 Å². The van der Waals surface area contributed by atoms with Crippen LogP contribution in [0.4, 0.5) is 17.6 Å². The average molecular weight is 291 g/mol. The molecule has 0 saturated heterocycles. The SMILES string of the molecule is Cc1nn(CC23CC(F)(C2)C3)c(C(N)=O)c1C(F)(F)F. The van der Waals surface area contributed by atoms with E-state index >= 15 is 0 Å². The van der Waals surface area contributed by atoms with Gasteiger partial charge in [0.15, 0.2) is 0 Å². The largest absolute Gasteiger partial charge is 0.420 e. The molecule has 1 amide bonds. The number of hydrogen-bond donors (Lipinski definition) is 1. The number of aromatic nitrogens is 2. The van der Waals surface area contributed by atoms with E-state index in [2.05, 4.69) is 5.10 Å². The van der Waals surface area contributed by atoms with Gasteiger partial charge in [0, 0.05) is 6.54 Å².